The van der Waals surface area contributed by atoms with Gasteiger partial charge in [0.15, 0.2) is 0 Å². The Hall–Kier alpha value is -1.30. The second kappa shape index (κ2) is 8.18. The van der Waals surface area contributed by atoms with Crippen LogP contribution in [0.15, 0.2) is 12.4 Å². The average Bonchev–Trinajstić information content (AvgIpc) is 3.36. The highest BCUT2D eigenvalue weighted by Crippen LogP contribution is 2.65. The first kappa shape index (κ1) is 21.2. The van der Waals surface area contributed by atoms with Gasteiger partial charge in [0, 0.05) is 12.7 Å². The van der Waals surface area contributed by atoms with Crippen LogP contribution in [0.1, 0.15) is 96.5 Å². The number of rotatable bonds is 5. The number of hydrogen-bond acceptors (Lipinski definition) is 2. The second-order valence-electron chi connectivity index (χ2n) is 13.1. The van der Waals surface area contributed by atoms with Crippen molar-refractivity contribution in [2.75, 3.05) is 0 Å². The molecule has 1 heterocycles. The summed E-state index contributed by atoms with van der Waals surface area (Å²) >= 11 is 0. The Morgan fingerprint density at radius 3 is 2.62 bits per heavy atom. The van der Waals surface area contributed by atoms with Crippen LogP contribution in [0.2, 0.25) is 0 Å². The molecule has 0 aliphatic heterocycles. The fraction of sp³-hybridized carbons (Fsp3) is 0.862. The van der Waals surface area contributed by atoms with Gasteiger partial charge in [-0.2, -0.15) is 10.4 Å². The van der Waals surface area contributed by atoms with E-state index in [9.17, 15) is 0 Å². The van der Waals surface area contributed by atoms with Crippen LogP contribution in [0.5, 0.6) is 0 Å². The third-order valence-electron chi connectivity index (χ3n) is 11.4. The summed E-state index contributed by atoms with van der Waals surface area (Å²) in [5.74, 6) is 8.82. The molecule has 1 aromatic rings. The van der Waals surface area contributed by atoms with E-state index in [0.29, 0.717) is 16.9 Å². The Bertz CT molecular complexity index is 862. The van der Waals surface area contributed by atoms with E-state index >= 15 is 0 Å². The van der Waals surface area contributed by atoms with Crippen molar-refractivity contribution in [2.45, 2.75) is 97.4 Å². The lowest BCUT2D eigenvalue weighted by molar-refractivity contribution is -0.0751. The quantitative estimate of drug-likeness (QED) is 0.498. The Balaban J connectivity index is 1.12. The second-order valence-corrected chi connectivity index (χ2v) is 13.1. The van der Waals surface area contributed by atoms with Gasteiger partial charge in [0.25, 0.3) is 0 Å². The first-order chi connectivity index (χ1) is 15.5. The zero-order chi connectivity index (χ0) is 21.9. The normalized spacial score (nSPS) is 44.2. The van der Waals surface area contributed by atoms with E-state index in [1.807, 2.05) is 10.9 Å². The van der Waals surface area contributed by atoms with Gasteiger partial charge in [0.05, 0.1) is 11.8 Å². The monoisotopic (exact) mass is 433 g/mol. The SMILES string of the molecule is CC(Cn1cc(C#N)cn1)C1CCC2C3CCC4CC(CC5CC5)CCC4C3CCC12C. The molecule has 5 aliphatic rings. The smallest absolute Gasteiger partial charge is 0.102 e. The minimum atomic E-state index is 0.530. The largest absolute Gasteiger partial charge is 0.271 e. The van der Waals surface area contributed by atoms with Crippen LogP contribution in [0.3, 0.4) is 0 Å². The van der Waals surface area contributed by atoms with Crippen LogP contribution >= 0.6 is 0 Å². The summed E-state index contributed by atoms with van der Waals surface area (Å²) in [6, 6.07) is 2.23. The van der Waals surface area contributed by atoms with Crippen molar-refractivity contribution < 1.29 is 0 Å². The molecular formula is C29H43N3. The van der Waals surface area contributed by atoms with E-state index in [1.165, 1.54) is 44.9 Å². The highest BCUT2D eigenvalue weighted by atomic mass is 15.3. The van der Waals surface area contributed by atoms with Gasteiger partial charge in [0.2, 0.25) is 0 Å². The number of aromatic nitrogens is 2. The number of fused-ring (bicyclic) bond motifs is 5. The fourth-order valence-corrected chi connectivity index (χ4v) is 9.91. The summed E-state index contributed by atoms with van der Waals surface area (Å²) in [5.41, 5.74) is 1.22. The minimum Gasteiger partial charge on any atom is -0.271 e. The Morgan fingerprint density at radius 2 is 1.84 bits per heavy atom. The van der Waals surface area contributed by atoms with Crippen molar-refractivity contribution >= 4 is 0 Å². The third-order valence-corrected chi connectivity index (χ3v) is 11.4. The van der Waals surface area contributed by atoms with Crippen LogP contribution < -0.4 is 0 Å². The summed E-state index contributed by atoms with van der Waals surface area (Å²) < 4.78 is 2.02. The van der Waals surface area contributed by atoms with Gasteiger partial charge in [0.1, 0.15) is 6.07 Å². The molecule has 5 saturated carbocycles. The van der Waals surface area contributed by atoms with Crippen molar-refractivity contribution in [3.05, 3.63) is 18.0 Å². The highest BCUT2D eigenvalue weighted by molar-refractivity contribution is 5.21. The Labute approximate surface area is 195 Å². The third kappa shape index (κ3) is 3.65. The van der Waals surface area contributed by atoms with Gasteiger partial charge in [-0.15, -0.1) is 0 Å². The molecule has 3 nitrogen and oxygen atoms in total. The maximum atomic E-state index is 9.14. The average molecular weight is 434 g/mol. The maximum absolute atomic E-state index is 9.14. The van der Waals surface area contributed by atoms with Crippen LogP contribution in [-0.2, 0) is 6.54 Å². The number of nitriles is 1. The van der Waals surface area contributed by atoms with Crippen molar-refractivity contribution in [1.82, 2.24) is 9.78 Å². The zero-order valence-corrected chi connectivity index (χ0v) is 20.4. The van der Waals surface area contributed by atoms with Gasteiger partial charge in [-0.3, -0.25) is 4.68 Å². The van der Waals surface area contributed by atoms with E-state index in [2.05, 4.69) is 25.0 Å². The molecule has 3 heteroatoms. The minimum absolute atomic E-state index is 0.530. The van der Waals surface area contributed by atoms with E-state index in [1.54, 1.807) is 38.3 Å². The molecule has 0 radical (unpaired) electrons. The molecule has 9 unspecified atom stereocenters. The fourth-order valence-electron chi connectivity index (χ4n) is 9.91. The summed E-state index contributed by atoms with van der Waals surface area (Å²) in [6.07, 6.45) is 21.9. The molecule has 0 aromatic carbocycles. The Morgan fingerprint density at radius 1 is 1.03 bits per heavy atom. The molecule has 6 rings (SSSR count). The summed E-state index contributed by atoms with van der Waals surface area (Å²) in [7, 11) is 0. The van der Waals surface area contributed by atoms with E-state index in [-0.39, 0.29) is 0 Å². The number of hydrogen-bond donors (Lipinski definition) is 0. The summed E-state index contributed by atoms with van der Waals surface area (Å²) in [5, 5.41) is 13.6. The maximum Gasteiger partial charge on any atom is 0.102 e. The van der Waals surface area contributed by atoms with Gasteiger partial charge >= 0.3 is 0 Å². The molecule has 9 atom stereocenters. The van der Waals surface area contributed by atoms with E-state index < -0.39 is 0 Å². The van der Waals surface area contributed by atoms with Crippen LogP contribution in [-0.4, -0.2) is 9.78 Å². The molecule has 1 aromatic heterocycles. The lowest BCUT2D eigenvalue weighted by Crippen LogP contribution is -2.49. The highest BCUT2D eigenvalue weighted by Gasteiger charge is 2.57. The molecule has 0 N–H and O–H groups in total. The molecule has 174 valence electrons. The molecule has 5 aliphatic carbocycles. The first-order valence-corrected chi connectivity index (χ1v) is 14.0. The van der Waals surface area contributed by atoms with Gasteiger partial charge in [-0.25, -0.2) is 0 Å². The summed E-state index contributed by atoms with van der Waals surface area (Å²) in [6.45, 7) is 6.09. The van der Waals surface area contributed by atoms with Crippen molar-refractivity contribution in [1.29, 1.82) is 5.26 Å². The van der Waals surface area contributed by atoms with Gasteiger partial charge in [-0.1, -0.05) is 33.1 Å². The van der Waals surface area contributed by atoms with Crippen molar-refractivity contribution in [3.8, 4) is 6.07 Å². The standard InChI is InChI=1S/C29H43N3/c1-19(17-32-18-22(15-30)16-31-32)27-9-10-28-26-8-6-23-14-21(13-20-3-4-20)5-7-24(23)25(26)11-12-29(27,28)2/h16,18-21,23-28H,3-14,17H2,1-2H3. The van der Waals surface area contributed by atoms with Crippen LogP contribution in [0.25, 0.3) is 0 Å². The molecule has 32 heavy (non-hydrogen) atoms. The van der Waals surface area contributed by atoms with Crippen molar-refractivity contribution in [2.24, 2.45) is 58.7 Å². The van der Waals surface area contributed by atoms with E-state index in [4.69, 9.17) is 5.26 Å². The van der Waals surface area contributed by atoms with Crippen LogP contribution in [0, 0.1) is 70.0 Å². The molecular weight excluding hydrogens is 390 g/mol. The molecule has 0 amide bonds. The lowest BCUT2D eigenvalue weighted by Gasteiger charge is -2.57. The van der Waals surface area contributed by atoms with Crippen LogP contribution in [0.4, 0.5) is 0 Å². The van der Waals surface area contributed by atoms with Gasteiger partial charge < -0.3 is 0 Å². The molecule has 0 bridgehead atoms. The topological polar surface area (TPSA) is 41.6 Å². The first-order valence-electron chi connectivity index (χ1n) is 14.0. The van der Waals surface area contributed by atoms with E-state index in [0.717, 1.165) is 53.9 Å². The summed E-state index contributed by atoms with van der Waals surface area (Å²) in [4.78, 5) is 0. The predicted octanol–water partition coefficient (Wildman–Crippen LogP) is 7.08. The lowest BCUT2D eigenvalue weighted by atomic mass is 9.48. The van der Waals surface area contributed by atoms with Crippen molar-refractivity contribution in [3.63, 3.8) is 0 Å². The van der Waals surface area contributed by atoms with Gasteiger partial charge in [-0.05, 0) is 116 Å². The molecule has 0 saturated heterocycles. The molecule has 5 fully saturated rings. The number of nitrogens with zero attached hydrogens (tertiary/aromatic N) is 3. The Kier molecular flexibility index (Phi) is 5.43. The predicted molar refractivity (Wildman–Crippen MR) is 128 cm³/mol. The molecule has 0 spiro atoms. The zero-order valence-electron chi connectivity index (χ0n) is 20.4.